The number of nitrogens with zero attached hydrogens (tertiary/aromatic N) is 1. The van der Waals surface area contributed by atoms with E-state index in [2.05, 4.69) is 0 Å². The summed E-state index contributed by atoms with van der Waals surface area (Å²) in [5.41, 5.74) is -2.00. The molecule has 0 saturated heterocycles. The summed E-state index contributed by atoms with van der Waals surface area (Å²) in [7, 11) is 1.27. The van der Waals surface area contributed by atoms with Crippen molar-refractivity contribution in [2.45, 2.75) is 13.3 Å². The Morgan fingerprint density at radius 3 is 2.62 bits per heavy atom. The van der Waals surface area contributed by atoms with Crippen molar-refractivity contribution < 1.29 is 24.0 Å². The fourth-order valence-electron chi connectivity index (χ4n) is 2.09. The standard InChI is InChI=1S/C13H11NO7/c1-3-6-4-7-5-8(12(15)16)13(17)21-11(7)9(14(18)19)10(6)20-2/h4-5H,3H2,1-2H3,(H,15,16). The molecule has 0 fully saturated rings. The Morgan fingerprint density at radius 2 is 2.14 bits per heavy atom. The van der Waals surface area contributed by atoms with Gasteiger partial charge < -0.3 is 14.3 Å². The number of benzene rings is 1. The molecule has 110 valence electrons. The average molecular weight is 293 g/mol. The number of carbonyl (C=O) groups is 1. The summed E-state index contributed by atoms with van der Waals surface area (Å²) in [6.45, 7) is 1.77. The van der Waals surface area contributed by atoms with Crippen molar-refractivity contribution in [3.63, 3.8) is 0 Å². The lowest BCUT2D eigenvalue weighted by atomic mass is 10.1. The molecule has 0 unspecified atom stereocenters. The lowest BCUT2D eigenvalue weighted by Crippen LogP contribution is -2.13. The van der Waals surface area contributed by atoms with Crippen molar-refractivity contribution in [3.8, 4) is 5.75 Å². The lowest BCUT2D eigenvalue weighted by molar-refractivity contribution is -0.384. The summed E-state index contributed by atoms with van der Waals surface area (Å²) in [4.78, 5) is 33.1. The van der Waals surface area contributed by atoms with Crippen LogP contribution in [0.5, 0.6) is 5.75 Å². The van der Waals surface area contributed by atoms with Gasteiger partial charge >= 0.3 is 17.3 Å². The molecule has 1 N–H and O–H groups in total. The van der Waals surface area contributed by atoms with Crippen LogP contribution >= 0.6 is 0 Å². The normalized spacial score (nSPS) is 10.6. The predicted octanol–water partition coefficient (Wildman–Crippen LogP) is 1.97. The maximum Gasteiger partial charge on any atom is 0.354 e. The van der Waals surface area contributed by atoms with E-state index in [0.29, 0.717) is 12.0 Å². The van der Waals surface area contributed by atoms with E-state index in [1.165, 1.54) is 13.2 Å². The van der Waals surface area contributed by atoms with E-state index < -0.39 is 27.8 Å². The van der Waals surface area contributed by atoms with Gasteiger partial charge in [-0.3, -0.25) is 10.1 Å². The first-order chi connectivity index (χ1) is 9.90. The van der Waals surface area contributed by atoms with E-state index >= 15 is 0 Å². The second-order valence-corrected chi connectivity index (χ2v) is 4.20. The first-order valence-corrected chi connectivity index (χ1v) is 5.96. The number of nitro groups is 1. The number of carboxylic acids is 1. The molecule has 2 rings (SSSR count). The summed E-state index contributed by atoms with van der Waals surface area (Å²) in [6, 6.07) is 2.58. The number of aromatic carboxylic acids is 1. The molecule has 8 nitrogen and oxygen atoms in total. The Bertz CT molecular complexity index is 806. The first kappa shape index (κ1) is 14.5. The third kappa shape index (κ3) is 2.31. The Balaban J connectivity index is 2.99. The van der Waals surface area contributed by atoms with Crippen molar-refractivity contribution in [1.29, 1.82) is 0 Å². The number of nitro benzene ring substituents is 1. The lowest BCUT2D eigenvalue weighted by Gasteiger charge is -2.09. The van der Waals surface area contributed by atoms with Gasteiger partial charge in [-0.15, -0.1) is 0 Å². The number of methoxy groups -OCH3 is 1. The number of fused-ring (bicyclic) bond motifs is 1. The zero-order valence-electron chi connectivity index (χ0n) is 11.2. The third-order valence-electron chi connectivity index (χ3n) is 3.03. The Hall–Kier alpha value is -2.90. The van der Waals surface area contributed by atoms with Gasteiger partial charge in [0.1, 0.15) is 5.56 Å². The number of ether oxygens (including phenoxy) is 1. The van der Waals surface area contributed by atoms with Crippen LogP contribution in [0.25, 0.3) is 11.0 Å². The van der Waals surface area contributed by atoms with E-state index in [1.54, 1.807) is 6.92 Å². The summed E-state index contributed by atoms with van der Waals surface area (Å²) < 4.78 is 9.86. The van der Waals surface area contributed by atoms with Crippen molar-refractivity contribution in [3.05, 3.63) is 43.8 Å². The quantitative estimate of drug-likeness (QED) is 0.519. The molecule has 0 amide bonds. The summed E-state index contributed by atoms with van der Waals surface area (Å²) in [6.07, 6.45) is 0.432. The van der Waals surface area contributed by atoms with Gasteiger partial charge in [0, 0.05) is 10.9 Å². The molecule has 21 heavy (non-hydrogen) atoms. The molecule has 0 saturated carbocycles. The highest BCUT2D eigenvalue weighted by atomic mass is 16.6. The molecule has 0 aliphatic rings. The summed E-state index contributed by atoms with van der Waals surface area (Å²) in [5, 5.41) is 20.3. The van der Waals surface area contributed by atoms with Gasteiger partial charge in [0.15, 0.2) is 0 Å². The molecule has 0 atom stereocenters. The number of hydrogen-bond acceptors (Lipinski definition) is 6. The highest BCUT2D eigenvalue weighted by molar-refractivity contribution is 5.95. The van der Waals surface area contributed by atoms with Gasteiger partial charge in [0.25, 0.3) is 0 Å². The minimum Gasteiger partial charge on any atom is -0.490 e. The molecule has 0 radical (unpaired) electrons. The molecule has 1 heterocycles. The fourth-order valence-corrected chi connectivity index (χ4v) is 2.09. The van der Waals surface area contributed by atoms with Crippen molar-refractivity contribution in [2.24, 2.45) is 0 Å². The second kappa shape index (κ2) is 5.23. The summed E-state index contributed by atoms with van der Waals surface area (Å²) in [5.74, 6) is -1.46. The highest BCUT2D eigenvalue weighted by Gasteiger charge is 2.27. The van der Waals surface area contributed by atoms with Crippen LogP contribution in [0.15, 0.2) is 21.3 Å². The number of aryl methyl sites for hydroxylation is 1. The van der Waals surface area contributed by atoms with Crippen LogP contribution in [0.3, 0.4) is 0 Å². The monoisotopic (exact) mass is 293 g/mol. The van der Waals surface area contributed by atoms with Gasteiger partial charge in [0.2, 0.25) is 11.3 Å². The van der Waals surface area contributed by atoms with Gasteiger partial charge in [0.05, 0.1) is 12.0 Å². The fraction of sp³-hybridized carbons (Fsp3) is 0.231. The molecular weight excluding hydrogens is 282 g/mol. The van der Waals surface area contributed by atoms with E-state index in [1.807, 2.05) is 0 Å². The molecule has 1 aromatic heterocycles. The molecule has 0 spiro atoms. The number of hydrogen-bond donors (Lipinski definition) is 1. The zero-order chi connectivity index (χ0) is 15.7. The van der Waals surface area contributed by atoms with Crippen LogP contribution in [0.4, 0.5) is 5.69 Å². The predicted molar refractivity (Wildman–Crippen MR) is 72.0 cm³/mol. The highest BCUT2D eigenvalue weighted by Crippen LogP contribution is 2.38. The summed E-state index contributed by atoms with van der Waals surface area (Å²) >= 11 is 0. The van der Waals surface area contributed by atoms with E-state index in [-0.39, 0.29) is 16.7 Å². The van der Waals surface area contributed by atoms with Crippen molar-refractivity contribution in [1.82, 2.24) is 0 Å². The van der Waals surface area contributed by atoms with E-state index in [0.717, 1.165) is 6.07 Å². The average Bonchev–Trinajstić information content (AvgIpc) is 2.43. The Kier molecular flexibility index (Phi) is 3.62. The van der Waals surface area contributed by atoms with Crippen LogP contribution in [0.1, 0.15) is 22.8 Å². The van der Waals surface area contributed by atoms with Crippen molar-refractivity contribution in [2.75, 3.05) is 7.11 Å². The SMILES string of the molecule is CCc1cc2cc(C(=O)O)c(=O)oc2c([N+](=O)[O-])c1OC. The van der Waals surface area contributed by atoms with Gasteiger partial charge in [-0.1, -0.05) is 6.92 Å². The molecule has 0 aliphatic carbocycles. The smallest absolute Gasteiger partial charge is 0.354 e. The van der Waals surface area contributed by atoms with E-state index in [9.17, 15) is 19.7 Å². The van der Waals surface area contributed by atoms with Crippen LogP contribution in [0.2, 0.25) is 0 Å². The maximum atomic E-state index is 11.6. The van der Waals surface area contributed by atoms with E-state index in [4.69, 9.17) is 14.3 Å². The zero-order valence-corrected chi connectivity index (χ0v) is 11.2. The minimum atomic E-state index is -1.46. The first-order valence-electron chi connectivity index (χ1n) is 5.96. The molecule has 8 heteroatoms. The molecule has 0 bridgehead atoms. The topological polar surface area (TPSA) is 120 Å². The van der Waals surface area contributed by atoms with Crippen molar-refractivity contribution >= 4 is 22.6 Å². The van der Waals surface area contributed by atoms with Crippen LogP contribution in [-0.2, 0) is 6.42 Å². The second-order valence-electron chi connectivity index (χ2n) is 4.20. The van der Waals surface area contributed by atoms with Gasteiger partial charge in [-0.25, -0.2) is 9.59 Å². The molecular formula is C13H11NO7. The largest absolute Gasteiger partial charge is 0.490 e. The van der Waals surface area contributed by atoms with Crippen LogP contribution in [0, 0.1) is 10.1 Å². The minimum absolute atomic E-state index is 0.00113. The third-order valence-corrected chi connectivity index (χ3v) is 3.03. The Labute approximate surface area is 117 Å². The Morgan fingerprint density at radius 1 is 1.48 bits per heavy atom. The van der Waals surface area contributed by atoms with Crippen LogP contribution in [-0.4, -0.2) is 23.1 Å². The number of rotatable bonds is 4. The van der Waals surface area contributed by atoms with Crippen LogP contribution < -0.4 is 10.4 Å². The van der Waals surface area contributed by atoms with Gasteiger partial charge in [-0.05, 0) is 18.6 Å². The van der Waals surface area contributed by atoms with Gasteiger partial charge in [-0.2, -0.15) is 0 Å². The molecule has 2 aromatic rings. The molecule has 1 aromatic carbocycles. The molecule has 0 aliphatic heterocycles. The number of carboxylic acid groups (broad SMARTS) is 1. The maximum absolute atomic E-state index is 11.6.